The maximum absolute atomic E-state index is 12.1. The molecule has 6 heteroatoms. The molecule has 114 valence electrons. The van der Waals surface area contributed by atoms with E-state index in [1.807, 2.05) is 13.8 Å². The van der Waals surface area contributed by atoms with Gasteiger partial charge in [-0.15, -0.1) is 0 Å². The van der Waals surface area contributed by atoms with Gasteiger partial charge in [0.05, 0.1) is 16.1 Å². The molecule has 0 saturated carbocycles. The van der Waals surface area contributed by atoms with Crippen LogP contribution in [0.4, 0.5) is 0 Å². The van der Waals surface area contributed by atoms with Crippen molar-refractivity contribution < 1.29 is 9.53 Å². The molecule has 1 N–H and O–H groups in total. The Morgan fingerprint density at radius 2 is 1.95 bits per heavy atom. The standard InChI is InChI=1S/C15H18Cl2N2O2/c1-9(2)15(4,8-18)19-14(20)10(3)21-11-5-6-12(16)13(17)7-11/h5-7,9-10H,1-4H3,(H,19,20). The number of rotatable bonds is 5. The number of halogens is 2. The summed E-state index contributed by atoms with van der Waals surface area (Å²) in [4.78, 5) is 12.1. The van der Waals surface area contributed by atoms with Gasteiger partial charge in [-0.1, -0.05) is 37.0 Å². The van der Waals surface area contributed by atoms with Crippen LogP contribution in [0.5, 0.6) is 5.75 Å². The van der Waals surface area contributed by atoms with Gasteiger partial charge >= 0.3 is 0 Å². The highest BCUT2D eigenvalue weighted by molar-refractivity contribution is 6.42. The minimum atomic E-state index is -0.938. The molecule has 0 radical (unpaired) electrons. The average Bonchev–Trinajstić information content (AvgIpc) is 2.42. The van der Waals surface area contributed by atoms with Gasteiger partial charge in [0.1, 0.15) is 11.3 Å². The van der Waals surface area contributed by atoms with Crippen LogP contribution in [0, 0.1) is 17.2 Å². The molecule has 0 bridgehead atoms. The van der Waals surface area contributed by atoms with Gasteiger partial charge in [0.15, 0.2) is 6.10 Å². The summed E-state index contributed by atoms with van der Waals surface area (Å²) in [6.07, 6.45) is -0.756. The summed E-state index contributed by atoms with van der Waals surface area (Å²) in [6, 6.07) is 6.88. The first-order valence-corrected chi connectivity index (χ1v) is 7.30. The lowest BCUT2D eigenvalue weighted by atomic mass is 9.90. The molecule has 1 amide bonds. The van der Waals surface area contributed by atoms with Crippen molar-refractivity contribution in [3.8, 4) is 11.8 Å². The van der Waals surface area contributed by atoms with Gasteiger partial charge in [-0.25, -0.2) is 0 Å². The predicted octanol–water partition coefficient (Wildman–Crippen LogP) is 3.82. The molecule has 0 aliphatic heterocycles. The molecule has 1 aromatic carbocycles. The molecule has 0 saturated heterocycles. The van der Waals surface area contributed by atoms with E-state index in [0.29, 0.717) is 15.8 Å². The van der Waals surface area contributed by atoms with Gasteiger partial charge in [0, 0.05) is 6.07 Å². The van der Waals surface area contributed by atoms with Crippen molar-refractivity contribution >= 4 is 29.1 Å². The number of benzene rings is 1. The van der Waals surface area contributed by atoms with E-state index < -0.39 is 11.6 Å². The molecule has 4 nitrogen and oxygen atoms in total. The zero-order chi connectivity index (χ0) is 16.2. The molecule has 0 heterocycles. The van der Waals surface area contributed by atoms with Crippen LogP contribution in [-0.4, -0.2) is 17.6 Å². The van der Waals surface area contributed by atoms with Crippen molar-refractivity contribution in [3.05, 3.63) is 28.2 Å². The monoisotopic (exact) mass is 328 g/mol. The lowest BCUT2D eigenvalue weighted by molar-refractivity contribution is -0.128. The van der Waals surface area contributed by atoms with Crippen molar-refractivity contribution in [2.75, 3.05) is 0 Å². The first-order chi connectivity index (χ1) is 9.69. The average molecular weight is 329 g/mol. The highest BCUT2D eigenvalue weighted by Gasteiger charge is 2.32. The van der Waals surface area contributed by atoms with Crippen LogP contribution in [0.1, 0.15) is 27.7 Å². The van der Waals surface area contributed by atoms with E-state index in [9.17, 15) is 10.1 Å². The van der Waals surface area contributed by atoms with Crippen LogP contribution < -0.4 is 10.1 Å². The van der Waals surface area contributed by atoms with Crippen LogP contribution in [0.3, 0.4) is 0 Å². The highest BCUT2D eigenvalue weighted by Crippen LogP contribution is 2.27. The number of hydrogen-bond donors (Lipinski definition) is 1. The Morgan fingerprint density at radius 3 is 2.43 bits per heavy atom. The number of nitriles is 1. The SMILES string of the molecule is CC(Oc1ccc(Cl)c(Cl)c1)C(=O)NC(C)(C#N)C(C)C. The number of amides is 1. The zero-order valence-electron chi connectivity index (χ0n) is 12.4. The molecule has 2 unspecified atom stereocenters. The van der Waals surface area contributed by atoms with Gasteiger partial charge < -0.3 is 10.1 Å². The fourth-order valence-corrected chi connectivity index (χ4v) is 1.75. The topological polar surface area (TPSA) is 62.1 Å². The number of carbonyl (C=O) groups excluding carboxylic acids is 1. The Morgan fingerprint density at radius 1 is 1.33 bits per heavy atom. The molecule has 0 aliphatic carbocycles. The third kappa shape index (κ3) is 4.52. The van der Waals surface area contributed by atoms with Gasteiger partial charge in [0.2, 0.25) is 0 Å². The first kappa shape index (κ1) is 17.6. The van der Waals surface area contributed by atoms with E-state index in [0.717, 1.165) is 0 Å². The second-order valence-electron chi connectivity index (χ2n) is 5.29. The summed E-state index contributed by atoms with van der Waals surface area (Å²) >= 11 is 11.7. The number of nitrogens with zero attached hydrogens (tertiary/aromatic N) is 1. The number of ether oxygens (including phenoxy) is 1. The smallest absolute Gasteiger partial charge is 0.262 e. The molecule has 21 heavy (non-hydrogen) atoms. The summed E-state index contributed by atoms with van der Waals surface area (Å²) < 4.78 is 5.52. The van der Waals surface area contributed by atoms with E-state index >= 15 is 0 Å². The van der Waals surface area contributed by atoms with Crippen molar-refractivity contribution in [3.63, 3.8) is 0 Å². The van der Waals surface area contributed by atoms with Gasteiger partial charge in [-0.05, 0) is 31.9 Å². The summed E-state index contributed by atoms with van der Waals surface area (Å²) in [5, 5.41) is 12.7. The summed E-state index contributed by atoms with van der Waals surface area (Å²) in [5.41, 5.74) is -0.938. The lowest BCUT2D eigenvalue weighted by Crippen LogP contribution is -2.52. The quantitative estimate of drug-likeness (QED) is 0.893. The van der Waals surface area contributed by atoms with E-state index in [1.54, 1.807) is 32.0 Å². The number of nitrogens with one attached hydrogen (secondary N) is 1. The maximum atomic E-state index is 12.1. The summed E-state index contributed by atoms with van der Waals surface area (Å²) in [6.45, 7) is 7.03. The fraction of sp³-hybridized carbons (Fsp3) is 0.467. The third-order valence-corrected chi connectivity index (χ3v) is 4.08. The molecule has 0 spiro atoms. The second kappa shape index (κ2) is 7.02. The van der Waals surface area contributed by atoms with Gasteiger partial charge in [0.25, 0.3) is 5.91 Å². The molecule has 0 aromatic heterocycles. The molecular weight excluding hydrogens is 311 g/mol. The van der Waals surface area contributed by atoms with Crippen molar-refractivity contribution in [2.45, 2.75) is 39.3 Å². The molecule has 0 aliphatic rings. The van der Waals surface area contributed by atoms with Crippen LogP contribution in [-0.2, 0) is 4.79 Å². The van der Waals surface area contributed by atoms with Gasteiger partial charge in [-0.2, -0.15) is 5.26 Å². The lowest BCUT2D eigenvalue weighted by Gasteiger charge is -2.28. The van der Waals surface area contributed by atoms with E-state index in [2.05, 4.69) is 11.4 Å². The van der Waals surface area contributed by atoms with E-state index in [4.69, 9.17) is 27.9 Å². The fourth-order valence-electron chi connectivity index (χ4n) is 1.47. The largest absolute Gasteiger partial charge is 0.481 e. The summed E-state index contributed by atoms with van der Waals surface area (Å²) in [5.74, 6) is 0.0534. The predicted molar refractivity (Wildman–Crippen MR) is 83.6 cm³/mol. The molecular formula is C15H18Cl2N2O2. The number of hydrogen-bond acceptors (Lipinski definition) is 3. The van der Waals surface area contributed by atoms with Crippen LogP contribution in [0.2, 0.25) is 10.0 Å². The van der Waals surface area contributed by atoms with Crippen molar-refractivity contribution in [2.24, 2.45) is 5.92 Å². The van der Waals surface area contributed by atoms with Crippen LogP contribution in [0.25, 0.3) is 0 Å². The van der Waals surface area contributed by atoms with Crippen LogP contribution in [0.15, 0.2) is 18.2 Å². The Balaban J connectivity index is 2.75. The van der Waals surface area contributed by atoms with Crippen LogP contribution >= 0.6 is 23.2 Å². The van der Waals surface area contributed by atoms with Gasteiger partial charge in [-0.3, -0.25) is 4.79 Å². The first-order valence-electron chi connectivity index (χ1n) is 6.54. The maximum Gasteiger partial charge on any atom is 0.262 e. The van der Waals surface area contributed by atoms with Crippen molar-refractivity contribution in [1.82, 2.24) is 5.32 Å². The Labute approximate surface area is 135 Å². The minimum Gasteiger partial charge on any atom is -0.481 e. The Kier molecular flexibility index (Phi) is 5.88. The minimum absolute atomic E-state index is 0.0244. The second-order valence-corrected chi connectivity index (χ2v) is 6.11. The molecule has 2 atom stereocenters. The normalized spacial score (nSPS) is 15.0. The third-order valence-electron chi connectivity index (χ3n) is 3.34. The summed E-state index contributed by atoms with van der Waals surface area (Å²) in [7, 11) is 0. The number of carbonyl (C=O) groups is 1. The van der Waals surface area contributed by atoms with E-state index in [1.165, 1.54) is 0 Å². The van der Waals surface area contributed by atoms with E-state index in [-0.39, 0.29) is 11.8 Å². The Hall–Kier alpha value is -1.44. The molecule has 0 fully saturated rings. The zero-order valence-corrected chi connectivity index (χ0v) is 13.9. The highest BCUT2D eigenvalue weighted by atomic mass is 35.5. The molecule has 1 rings (SSSR count). The van der Waals surface area contributed by atoms with Crippen molar-refractivity contribution in [1.29, 1.82) is 5.26 Å². The molecule has 1 aromatic rings. The Bertz CT molecular complexity index is 569.